The van der Waals surface area contributed by atoms with Gasteiger partial charge in [-0.1, -0.05) is 86.2 Å². The molecule has 2 aromatic carbocycles. The van der Waals surface area contributed by atoms with E-state index in [0.29, 0.717) is 51.6 Å². The third-order valence-corrected chi connectivity index (χ3v) is 8.19. The maximum atomic E-state index is 14.4. The van der Waals surface area contributed by atoms with Crippen molar-refractivity contribution in [3.05, 3.63) is 83.9 Å². The van der Waals surface area contributed by atoms with Crippen LogP contribution in [0, 0.1) is 17.8 Å². The highest BCUT2D eigenvalue weighted by Gasteiger charge is 2.44. The van der Waals surface area contributed by atoms with Crippen molar-refractivity contribution in [3.8, 4) is 0 Å². The van der Waals surface area contributed by atoms with E-state index in [-0.39, 0.29) is 30.8 Å². The van der Waals surface area contributed by atoms with E-state index in [1.807, 2.05) is 79.7 Å². The number of allylic oxidation sites excluding steroid dienone is 2. The molecule has 1 fully saturated rings. The molecule has 3 rings (SSSR count). The van der Waals surface area contributed by atoms with Crippen molar-refractivity contribution < 1.29 is 33.3 Å². The zero-order valence-electron chi connectivity index (χ0n) is 24.0. The minimum absolute atomic E-state index is 0.230. The van der Waals surface area contributed by atoms with Crippen molar-refractivity contribution in [1.82, 2.24) is 0 Å². The Kier molecular flexibility index (Phi) is 13.1. The molecule has 1 aliphatic carbocycles. The topological polar surface area (TPSA) is 83.8 Å². The molecule has 0 aromatic heterocycles. The van der Waals surface area contributed by atoms with Crippen molar-refractivity contribution in [2.45, 2.75) is 95.9 Å². The van der Waals surface area contributed by atoms with Crippen molar-refractivity contribution in [1.29, 1.82) is 0 Å². The fraction of sp³-hybridized carbons (Fsp3) is 0.529. The van der Waals surface area contributed by atoms with Crippen LogP contribution in [0.3, 0.4) is 0 Å². The number of aliphatic hydroxyl groups excluding tert-OH is 1. The number of halogens is 2. The van der Waals surface area contributed by atoms with Crippen LogP contribution >= 0.6 is 0 Å². The molecule has 41 heavy (non-hydrogen) atoms. The molecule has 5 nitrogen and oxygen atoms in total. The van der Waals surface area contributed by atoms with E-state index in [0.717, 1.165) is 11.1 Å². The van der Waals surface area contributed by atoms with Crippen molar-refractivity contribution >= 4 is 11.8 Å². The summed E-state index contributed by atoms with van der Waals surface area (Å²) in [6, 6.07) is 19.2. The number of carbonyl (C=O) groups excluding carboxylic acids is 1. The van der Waals surface area contributed by atoms with Gasteiger partial charge in [-0.25, -0.2) is 0 Å². The molecular weight excluding hydrogens is 526 g/mol. The molecule has 1 unspecified atom stereocenters. The van der Waals surface area contributed by atoms with Crippen LogP contribution in [0.1, 0.15) is 75.8 Å². The first-order chi connectivity index (χ1) is 19.7. The summed E-state index contributed by atoms with van der Waals surface area (Å²) in [5.41, 5.74) is 1.96. The van der Waals surface area contributed by atoms with Crippen LogP contribution in [0.25, 0.3) is 0 Å². The second-order valence-corrected chi connectivity index (χ2v) is 11.2. The number of alkyl halides is 2. The number of ketones is 1. The Hall–Kier alpha value is -2.90. The van der Waals surface area contributed by atoms with Crippen LogP contribution in [0.2, 0.25) is 0 Å². The molecule has 0 radical (unpaired) electrons. The van der Waals surface area contributed by atoms with E-state index in [4.69, 9.17) is 4.74 Å². The van der Waals surface area contributed by atoms with Gasteiger partial charge in [0.1, 0.15) is 0 Å². The van der Waals surface area contributed by atoms with E-state index in [2.05, 4.69) is 0 Å². The lowest BCUT2D eigenvalue weighted by atomic mass is 9.85. The highest BCUT2D eigenvalue weighted by Crippen LogP contribution is 2.41. The quantitative estimate of drug-likeness (QED) is 0.182. The zero-order chi connectivity index (χ0) is 29.7. The molecule has 0 heterocycles. The average molecular weight is 571 g/mol. The van der Waals surface area contributed by atoms with Gasteiger partial charge in [-0.15, -0.1) is 0 Å². The molecule has 0 bridgehead atoms. The minimum Gasteiger partial charge on any atom is -0.481 e. The number of aliphatic carboxylic acids is 1. The van der Waals surface area contributed by atoms with E-state index in [1.165, 1.54) is 0 Å². The van der Waals surface area contributed by atoms with Crippen LogP contribution in [-0.4, -0.2) is 40.1 Å². The monoisotopic (exact) mass is 570 g/mol. The minimum atomic E-state index is -3.33. The lowest BCUT2D eigenvalue weighted by Crippen LogP contribution is -2.31. The largest absolute Gasteiger partial charge is 0.481 e. The summed E-state index contributed by atoms with van der Waals surface area (Å²) in [7, 11) is 0. The number of Topliss-reactive ketones (excluding diaryl/α,β-unsaturated/α-hetero) is 1. The zero-order valence-corrected chi connectivity index (χ0v) is 24.0. The lowest BCUT2D eigenvalue weighted by Gasteiger charge is -2.26. The van der Waals surface area contributed by atoms with E-state index < -0.39 is 36.1 Å². The second-order valence-electron chi connectivity index (χ2n) is 11.2. The molecule has 2 N–H and O–H groups in total. The first kappa shape index (κ1) is 32.6. The molecule has 7 heteroatoms. The van der Waals surface area contributed by atoms with Crippen molar-refractivity contribution in [3.63, 3.8) is 0 Å². The van der Waals surface area contributed by atoms with Gasteiger partial charge in [0.15, 0.2) is 0 Å². The Morgan fingerprint density at radius 2 is 1.68 bits per heavy atom. The third-order valence-electron chi connectivity index (χ3n) is 8.19. The number of carbonyl (C=O) groups is 2. The number of benzene rings is 2. The summed E-state index contributed by atoms with van der Waals surface area (Å²) in [4.78, 5) is 24.2. The van der Waals surface area contributed by atoms with Gasteiger partial charge >= 0.3 is 11.9 Å². The van der Waals surface area contributed by atoms with Crippen LogP contribution in [0.4, 0.5) is 8.78 Å². The molecule has 5 atom stereocenters. The Morgan fingerprint density at radius 1 is 1.02 bits per heavy atom. The van der Waals surface area contributed by atoms with E-state index in [1.54, 1.807) is 0 Å². The number of aliphatic hydroxyl groups is 1. The standard InChI is InChI=1S/C34H44F2O5/c1-2-3-21-34(35,36)32(38)20-19-29-28(30(37)23-31(29)41-24-26-15-9-5-10-16-26)18-12-6-11-17-27(33(39)40)22-25-13-7-4-8-14-25/h4-10,12-16,27-31,37H,2-3,11,17-24H2,1H3,(H,39,40)/t27?,28-,29-,30+,31-/m1/s1. The van der Waals surface area contributed by atoms with Crippen LogP contribution in [0.15, 0.2) is 72.8 Å². The fourth-order valence-electron chi connectivity index (χ4n) is 5.75. The molecule has 1 aliphatic rings. The van der Waals surface area contributed by atoms with Gasteiger partial charge in [-0.05, 0) is 61.5 Å². The van der Waals surface area contributed by atoms with Gasteiger partial charge in [0, 0.05) is 19.3 Å². The Labute approximate surface area is 242 Å². The summed E-state index contributed by atoms with van der Waals surface area (Å²) >= 11 is 0. The van der Waals surface area contributed by atoms with Crippen LogP contribution < -0.4 is 0 Å². The van der Waals surface area contributed by atoms with E-state index >= 15 is 0 Å². The highest BCUT2D eigenvalue weighted by molar-refractivity contribution is 5.85. The van der Waals surface area contributed by atoms with Crippen LogP contribution in [-0.2, 0) is 27.4 Å². The number of rotatable bonds is 18. The maximum Gasteiger partial charge on any atom is 0.306 e. The van der Waals surface area contributed by atoms with Gasteiger partial charge < -0.3 is 14.9 Å². The molecule has 0 saturated heterocycles. The molecular formula is C34H44F2O5. The van der Waals surface area contributed by atoms with Crippen molar-refractivity contribution in [2.24, 2.45) is 17.8 Å². The lowest BCUT2D eigenvalue weighted by molar-refractivity contribution is -0.144. The van der Waals surface area contributed by atoms with E-state index in [9.17, 15) is 28.6 Å². The summed E-state index contributed by atoms with van der Waals surface area (Å²) in [5.74, 6) is -6.17. The Bertz CT molecular complexity index is 1090. The normalized spacial score (nSPS) is 21.8. The number of unbranched alkanes of at least 4 members (excludes halogenated alkanes) is 1. The Morgan fingerprint density at radius 3 is 2.32 bits per heavy atom. The summed E-state index contributed by atoms with van der Waals surface area (Å²) < 4.78 is 34.9. The smallest absolute Gasteiger partial charge is 0.306 e. The van der Waals surface area contributed by atoms with Gasteiger partial charge in [0.25, 0.3) is 0 Å². The molecule has 0 spiro atoms. The summed E-state index contributed by atoms with van der Waals surface area (Å²) in [6.07, 6.45) is 5.72. The summed E-state index contributed by atoms with van der Waals surface area (Å²) in [5, 5.41) is 20.6. The second kappa shape index (κ2) is 16.5. The highest BCUT2D eigenvalue weighted by atomic mass is 19.3. The first-order valence-electron chi connectivity index (χ1n) is 14.9. The number of hydrogen-bond donors (Lipinski definition) is 2. The maximum absolute atomic E-state index is 14.4. The number of carboxylic acid groups (broad SMARTS) is 1. The predicted molar refractivity (Wildman–Crippen MR) is 156 cm³/mol. The third kappa shape index (κ3) is 10.5. The van der Waals surface area contributed by atoms with Gasteiger partial charge in [0.2, 0.25) is 5.78 Å². The van der Waals surface area contributed by atoms with Gasteiger partial charge in [-0.3, -0.25) is 9.59 Å². The fourth-order valence-corrected chi connectivity index (χ4v) is 5.75. The average Bonchev–Trinajstić information content (AvgIpc) is 3.27. The van der Waals surface area contributed by atoms with Crippen LogP contribution in [0.5, 0.6) is 0 Å². The number of carboxylic acids is 1. The predicted octanol–water partition coefficient (Wildman–Crippen LogP) is 7.41. The number of hydrogen-bond acceptors (Lipinski definition) is 4. The van der Waals surface area contributed by atoms with Gasteiger partial charge in [-0.2, -0.15) is 8.78 Å². The first-order valence-corrected chi connectivity index (χ1v) is 14.9. The molecule has 1 saturated carbocycles. The number of ether oxygens (including phenoxy) is 1. The Balaban J connectivity index is 1.60. The molecule has 2 aromatic rings. The molecule has 0 aliphatic heterocycles. The molecule has 224 valence electrons. The van der Waals surface area contributed by atoms with Crippen molar-refractivity contribution in [2.75, 3.05) is 0 Å². The van der Waals surface area contributed by atoms with Gasteiger partial charge in [0.05, 0.1) is 24.7 Å². The SMILES string of the molecule is CCCCC(F)(F)C(=O)CC[C@@H]1[C@@H](CC=CCCC(Cc2ccccc2)C(=O)O)[C@@H](O)C[C@H]1OCc1ccccc1. The summed E-state index contributed by atoms with van der Waals surface area (Å²) in [6.45, 7) is 2.16. The molecule has 0 amide bonds.